The van der Waals surface area contributed by atoms with Crippen LogP contribution in [0.15, 0.2) is 30.3 Å². The summed E-state index contributed by atoms with van der Waals surface area (Å²) in [5, 5.41) is 2.88. The molecule has 1 aromatic rings. The van der Waals surface area contributed by atoms with Crippen LogP contribution in [-0.2, 0) is 4.74 Å². The van der Waals surface area contributed by atoms with Gasteiger partial charge in [0.15, 0.2) is 0 Å². The highest BCUT2D eigenvalue weighted by atomic mass is 16.6. The summed E-state index contributed by atoms with van der Waals surface area (Å²) in [4.78, 5) is 15.0. The molecule has 1 aromatic carbocycles. The molecule has 3 aliphatic rings. The van der Waals surface area contributed by atoms with Crippen LogP contribution in [0.3, 0.4) is 0 Å². The summed E-state index contributed by atoms with van der Waals surface area (Å²) in [6.45, 7) is 2.46. The Labute approximate surface area is 144 Å². The first-order valence-electron chi connectivity index (χ1n) is 9.58. The summed E-state index contributed by atoms with van der Waals surface area (Å²) in [7, 11) is 0. The highest BCUT2D eigenvalue weighted by Crippen LogP contribution is 2.46. The molecule has 1 aliphatic heterocycles. The minimum atomic E-state index is -0.289. The van der Waals surface area contributed by atoms with Gasteiger partial charge in [0.25, 0.3) is 0 Å². The van der Waals surface area contributed by atoms with Gasteiger partial charge in [0.05, 0.1) is 0 Å². The molecule has 0 aromatic heterocycles. The van der Waals surface area contributed by atoms with E-state index in [2.05, 4.69) is 10.2 Å². The molecule has 3 fully saturated rings. The second kappa shape index (κ2) is 7.14. The van der Waals surface area contributed by atoms with Crippen LogP contribution < -0.4 is 5.32 Å². The van der Waals surface area contributed by atoms with Crippen molar-refractivity contribution in [2.45, 2.75) is 57.1 Å². The Kier molecular flexibility index (Phi) is 4.74. The summed E-state index contributed by atoms with van der Waals surface area (Å²) in [5.41, 5.74) is 0.804. The van der Waals surface area contributed by atoms with Crippen LogP contribution in [-0.4, -0.2) is 36.2 Å². The van der Waals surface area contributed by atoms with Crippen LogP contribution in [0.2, 0.25) is 0 Å². The number of nitrogens with zero attached hydrogens (tertiary/aromatic N) is 1. The third-order valence-electron chi connectivity index (χ3n) is 6.21. The number of hydrogen-bond acceptors (Lipinski definition) is 3. The van der Waals surface area contributed by atoms with E-state index in [9.17, 15) is 4.79 Å². The van der Waals surface area contributed by atoms with Crippen LogP contribution in [0.25, 0.3) is 0 Å². The summed E-state index contributed by atoms with van der Waals surface area (Å²) in [5.74, 6) is 1.10. The number of fused-ring (bicyclic) bond motifs is 2. The maximum Gasteiger partial charge on any atom is 0.411 e. The summed E-state index contributed by atoms with van der Waals surface area (Å²) >= 11 is 0. The number of ether oxygens (including phenoxy) is 1. The van der Waals surface area contributed by atoms with E-state index < -0.39 is 0 Å². The summed E-state index contributed by atoms with van der Waals surface area (Å²) in [6, 6.07) is 10.2. The van der Waals surface area contributed by atoms with Gasteiger partial charge in [-0.1, -0.05) is 24.6 Å². The first-order valence-corrected chi connectivity index (χ1v) is 9.58. The highest BCUT2D eigenvalue weighted by Gasteiger charge is 2.48. The Morgan fingerprint density at radius 3 is 2.54 bits per heavy atom. The number of nitrogens with one attached hydrogen (secondary N) is 1. The molecule has 4 nitrogen and oxygen atoms in total. The number of para-hydroxylation sites is 1. The maximum atomic E-state index is 12.3. The largest absolute Gasteiger partial charge is 0.445 e. The fourth-order valence-electron chi connectivity index (χ4n) is 5.08. The molecule has 2 aliphatic carbocycles. The molecule has 1 N–H and O–H groups in total. The first-order chi connectivity index (χ1) is 11.8. The lowest BCUT2D eigenvalue weighted by molar-refractivity contribution is -0.0139. The Bertz CT molecular complexity index is 556. The maximum absolute atomic E-state index is 12.3. The molecule has 2 bridgehead atoms. The fourth-order valence-corrected chi connectivity index (χ4v) is 5.08. The van der Waals surface area contributed by atoms with E-state index in [1.165, 1.54) is 58.0 Å². The third-order valence-corrected chi connectivity index (χ3v) is 6.21. The predicted octanol–water partition coefficient (Wildman–Crippen LogP) is 4.28. The molecule has 2 saturated carbocycles. The van der Waals surface area contributed by atoms with Gasteiger partial charge in [-0.25, -0.2) is 4.79 Å². The van der Waals surface area contributed by atoms with Crippen molar-refractivity contribution in [2.24, 2.45) is 11.8 Å². The second-order valence-corrected chi connectivity index (χ2v) is 7.60. The lowest BCUT2D eigenvalue weighted by Crippen LogP contribution is -2.50. The lowest BCUT2D eigenvalue weighted by atomic mass is 9.81. The minimum Gasteiger partial charge on any atom is -0.445 e. The number of hydrogen-bond donors (Lipinski definition) is 1. The standard InChI is InChI=1S/C20H28N2O2/c23-20(21-16-7-3-1-4-8-16)24-19-15-9-11-17(19)18(12-10-15)22-13-5-2-6-14-22/h1,3-4,7-8,15,17-19H,2,5-6,9-14H2,(H,21,23)/t15-,17+,18-,19+/m0/s1. The number of anilines is 1. The normalized spacial score (nSPS) is 33.2. The van der Waals surface area contributed by atoms with Crippen molar-refractivity contribution in [1.29, 1.82) is 0 Å². The molecule has 1 amide bonds. The van der Waals surface area contributed by atoms with Crippen molar-refractivity contribution in [2.75, 3.05) is 18.4 Å². The third kappa shape index (κ3) is 3.30. The number of likely N-dealkylation sites (tertiary alicyclic amines) is 1. The zero-order valence-electron chi connectivity index (χ0n) is 14.3. The zero-order chi connectivity index (χ0) is 16.4. The highest BCUT2D eigenvalue weighted by molar-refractivity contribution is 5.84. The molecule has 1 heterocycles. The summed E-state index contributed by atoms with van der Waals surface area (Å²) in [6.07, 6.45) is 8.77. The van der Waals surface area contributed by atoms with Gasteiger partial charge in [-0.15, -0.1) is 0 Å². The van der Waals surface area contributed by atoms with Crippen LogP contribution in [0.5, 0.6) is 0 Å². The number of carbonyl (C=O) groups excluding carboxylic acids is 1. The van der Waals surface area contributed by atoms with E-state index >= 15 is 0 Å². The van der Waals surface area contributed by atoms with Crippen LogP contribution in [0.4, 0.5) is 10.5 Å². The van der Waals surface area contributed by atoms with Gasteiger partial charge < -0.3 is 4.74 Å². The van der Waals surface area contributed by atoms with Gasteiger partial charge in [0, 0.05) is 17.6 Å². The van der Waals surface area contributed by atoms with Crippen molar-refractivity contribution in [3.63, 3.8) is 0 Å². The molecular weight excluding hydrogens is 300 g/mol. The topological polar surface area (TPSA) is 41.6 Å². The zero-order valence-corrected chi connectivity index (χ0v) is 14.3. The lowest BCUT2D eigenvalue weighted by Gasteiger charge is -2.43. The van der Waals surface area contributed by atoms with Crippen molar-refractivity contribution in [3.8, 4) is 0 Å². The van der Waals surface area contributed by atoms with E-state index in [0.29, 0.717) is 17.9 Å². The molecule has 4 atom stereocenters. The van der Waals surface area contributed by atoms with Crippen LogP contribution in [0.1, 0.15) is 44.9 Å². The fraction of sp³-hybridized carbons (Fsp3) is 0.650. The Morgan fingerprint density at radius 2 is 1.75 bits per heavy atom. The van der Waals surface area contributed by atoms with Crippen molar-refractivity contribution >= 4 is 11.8 Å². The molecule has 130 valence electrons. The van der Waals surface area contributed by atoms with Crippen LogP contribution >= 0.6 is 0 Å². The Hall–Kier alpha value is -1.55. The molecule has 1 saturated heterocycles. The van der Waals surface area contributed by atoms with Crippen molar-refractivity contribution in [1.82, 2.24) is 4.90 Å². The average molecular weight is 328 g/mol. The predicted molar refractivity (Wildman–Crippen MR) is 95.0 cm³/mol. The average Bonchev–Trinajstić information content (AvgIpc) is 2.87. The molecule has 0 unspecified atom stereocenters. The van der Waals surface area contributed by atoms with Gasteiger partial charge in [-0.05, 0) is 69.7 Å². The van der Waals surface area contributed by atoms with Gasteiger partial charge in [-0.2, -0.15) is 0 Å². The number of rotatable bonds is 3. The van der Waals surface area contributed by atoms with E-state index in [-0.39, 0.29) is 12.2 Å². The van der Waals surface area contributed by atoms with Gasteiger partial charge >= 0.3 is 6.09 Å². The van der Waals surface area contributed by atoms with E-state index in [0.717, 1.165) is 5.69 Å². The SMILES string of the molecule is O=C(Nc1ccccc1)O[C@@H]1[C@H]2CC[C@@H]1[C@@H](N1CCCCC1)CC2. The smallest absolute Gasteiger partial charge is 0.411 e. The van der Waals surface area contributed by atoms with E-state index in [1.54, 1.807) is 0 Å². The Balaban J connectivity index is 1.40. The monoisotopic (exact) mass is 328 g/mol. The first kappa shape index (κ1) is 15.9. The molecule has 0 radical (unpaired) electrons. The number of carbonyl (C=O) groups is 1. The summed E-state index contributed by atoms with van der Waals surface area (Å²) < 4.78 is 5.93. The molecule has 4 rings (SSSR count). The van der Waals surface area contributed by atoms with Crippen LogP contribution in [0, 0.1) is 11.8 Å². The van der Waals surface area contributed by atoms with E-state index in [4.69, 9.17) is 4.74 Å². The van der Waals surface area contributed by atoms with E-state index in [1.807, 2.05) is 30.3 Å². The molecule has 0 spiro atoms. The van der Waals surface area contributed by atoms with Crippen molar-refractivity contribution < 1.29 is 9.53 Å². The second-order valence-electron chi connectivity index (χ2n) is 7.60. The molecular formula is C20H28N2O2. The molecule has 4 heteroatoms. The minimum absolute atomic E-state index is 0.106. The quantitative estimate of drug-likeness (QED) is 0.900. The van der Waals surface area contributed by atoms with Gasteiger partial charge in [0.2, 0.25) is 0 Å². The number of benzene rings is 1. The number of piperidine rings is 1. The van der Waals surface area contributed by atoms with Gasteiger partial charge in [0.1, 0.15) is 6.10 Å². The van der Waals surface area contributed by atoms with Gasteiger partial charge in [-0.3, -0.25) is 10.2 Å². The Morgan fingerprint density at radius 1 is 1.00 bits per heavy atom. The van der Waals surface area contributed by atoms with Crippen molar-refractivity contribution in [3.05, 3.63) is 30.3 Å². The number of amides is 1. The molecule has 24 heavy (non-hydrogen) atoms.